The van der Waals surface area contributed by atoms with Crippen LogP contribution in [0.5, 0.6) is 0 Å². The fourth-order valence-electron chi connectivity index (χ4n) is 0.302. The summed E-state index contributed by atoms with van der Waals surface area (Å²) >= 11 is 0. The highest BCUT2D eigenvalue weighted by molar-refractivity contribution is 4.82. The first kappa shape index (κ1) is 10.3. The van der Waals surface area contributed by atoms with Crippen molar-refractivity contribution in [1.82, 2.24) is 5.32 Å². The molecule has 0 spiro atoms. The second-order valence-corrected chi connectivity index (χ2v) is 1.31. The summed E-state index contributed by atoms with van der Waals surface area (Å²) in [6, 6.07) is 0. The van der Waals surface area contributed by atoms with E-state index in [-0.39, 0.29) is 0 Å². The van der Waals surface area contributed by atoms with E-state index in [0.717, 1.165) is 12.2 Å². The summed E-state index contributed by atoms with van der Waals surface area (Å²) in [6.07, 6.45) is 0. The summed E-state index contributed by atoms with van der Waals surface area (Å²) in [5, 5.41) is 3.01. The predicted molar refractivity (Wildman–Crippen MR) is 39.7 cm³/mol. The van der Waals surface area contributed by atoms with Crippen LogP contribution in [0.4, 0.5) is 0 Å². The van der Waals surface area contributed by atoms with Gasteiger partial charge in [-0.1, -0.05) is 6.58 Å². The van der Waals surface area contributed by atoms with Gasteiger partial charge in [-0.05, 0) is 13.8 Å². The molecule has 0 atom stereocenters. The summed E-state index contributed by atoms with van der Waals surface area (Å²) in [7, 11) is 0. The minimum absolute atomic E-state index is 0.981. The van der Waals surface area contributed by atoms with E-state index in [4.69, 9.17) is 0 Å². The minimum atomic E-state index is 0.981. The third-order valence-electron chi connectivity index (χ3n) is 0.479. The summed E-state index contributed by atoms with van der Waals surface area (Å²) in [6.45, 7) is 14.6. The average molecular weight is 113 g/mol. The Balaban J connectivity index is 0. The lowest BCUT2D eigenvalue weighted by Gasteiger charge is -1.95. The smallest absolute Gasteiger partial charge is 0.0115 e. The van der Waals surface area contributed by atoms with E-state index in [9.17, 15) is 0 Å². The second kappa shape index (κ2) is 9.56. The van der Waals surface area contributed by atoms with Crippen molar-refractivity contribution in [1.29, 1.82) is 0 Å². The summed E-state index contributed by atoms with van der Waals surface area (Å²) in [5.74, 6) is 0. The highest BCUT2D eigenvalue weighted by Crippen LogP contribution is 1.72. The van der Waals surface area contributed by atoms with Crippen LogP contribution in [0.15, 0.2) is 25.4 Å². The molecule has 0 aromatic rings. The van der Waals surface area contributed by atoms with Gasteiger partial charge in [0.05, 0.1) is 0 Å². The Morgan fingerprint density at radius 2 is 1.88 bits per heavy atom. The van der Waals surface area contributed by atoms with Crippen LogP contribution in [0.25, 0.3) is 0 Å². The molecule has 0 aromatic carbocycles. The van der Waals surface area contributed by atoms with Crippen molar-refractivity contribution in [3.63, 3.8) is 0 Å². The van der Waals surface area contributed by atoms with E-state index >= 15 is 0 Å². The Morgan fingerprint density at radius 1 is 1.50 bits per heavy atom. The lowest BCUT2D eigenvalue weighted by Crippen LogP contribution is -2.07. The van der Waals surface area contributed by atoms with Crippen LogP contribution in [-0.4, -0.2) is 6.54 Å². The third kappa shape index (κ3) is 18.6. The van der Waals surface area contributed by atoms with E-state index in [0.29, 0.717) is 0 Å². The number of hydrogen-bond acceptors (Lipinski definition) is 1. The Bertz CT molecular complexity index is 57.4. The highest BCUT2D eigenvalue weighted by atomic mass is 14.8. The molecule has 0 aromatic heterocycles. The monoisotopic (exact) mass is 113 g/mol. The van der Waals surface area contributed by atoms with Crippen molar-refractivity contribution in [2.75, 3.05) is 6.54 Å². The normalized spacial score (nSPS) is 6.25. The molecule has 0 aliphatic rings. The van der Waals surface area contributed by atoms with Crippen LogP contribution in [0.1, 0.15) is 13.8 Å². The quantitative estimate of drug-likeness (QED) is 0.539. The van der Waals surface area contributed by atoms with Gasteiger partial charge < -0.3 is 5.32 Å². The molecule has 0 rings (SSSR count). The van der Waals surface area contributed by atoms with Gasteiger partial charge in [0.1, 0.15) is 0 Å². The Morgan fingerprint density at radius 3 is 1.88 bits per heavy atom. The zero-order valence-corrected chi connectivity index (χ0v) is 5.83. The molecule has 0 fully saturated rings. The zero-order chi connectivity index (χ0) is 6.99. The molecule has 0 saturated carbocycles. The van der Waals surface area contributed by atoms with Gasteiger partial charge in [0, 0.05) is 12.2 Å². The van der Waals surface area contributed by atoms with E-state index in [1.165, 1.54) is 0 Å². The van der Waals surface area contributed by atoms with Gasteiger partial charge in [-0.15, -0.1) is 13.2 Å². The molecule has 0 aliphatic carbocycles. The van der Waals surface area contributed by atoms with E-state index in [2.05, 4.69) is 32.0 Å². The molecule has 0 aliphatic heterocycles. The summed E-state index contributed by atoms with van der Waals surface area (Å²) in [5.41, 5.74) is 1.04. The van der Waals surface area contributed by atoms with Crippen molar-refractivity contribution in [3.8, 4) is 0 Å². The van der Waals surface area contributed by atoms with Crippen molar-refractivity contribution in [2.45, 2.75) is 13.8 Å². The van der Waals surface area contributed by atoms with Crippen LogP contribution in [0.2, 0.25) is 0 Å². The van der Waals surface area contributed by atoms with Gasteiger partial charge in [-0.25, -0.2) is 0 Å². The first-order chi connectivity index (χ1) is 3.77. The maximum Gasteiger partial charge on any atom is 0.0115 e. The maximum atomic E-state index is 3.63. The number of rotatable bonds is 2. The van der Waals surface area contributed by atoms with Gasteiger partial charge in [0.15, 0.2) is 0 Å². The van der Waals surface area contributed by atoms with Gasteiger partial charge in [0.2, 0.25) is 0 Å². The molecule has 1 heteroatoms. The number of hydrogen-bond donors (Lipinski definition) is 1. The van der Waals surface area contributed by atoms with E-state index < -0.39 is 0 Å². The second-order valence-electron chi connectivity index (χ2n) is 1.31. The standard InChI is InChI=1S/C5H11N.C2H4/c1-4-6-5(2)3;1-2/h6H,2,4H2,1,3H3;1-2H2. The zero-order valence-electron chi connectivity index (χ0n) is 5.83. The van der Waals surface area contributed by atoms with Crippen LogP contribution in [0, 0.1) is 0 Å². The molecule has 0 radical (unpaired) electrons. The minimum Gasteiger partial charge on any atom is -0.389 e. The summed E-state index contributed by atoms with van der Waals surface area (Å²) in [4.78, 5) is 0. The SMILES string of the molecule is C=C.C=C(C)NCC. The van der Waals surface area contributed by atoms with Gasteiger partial charge in [0.25, 0.3) is 0 Å². The van der Waals surface area contributed by atoms with Crippen molar-refractivity contribution < 1.29 is 0 Å². The Kier molecular flexibility index (Phi) is 12.3. The van der Waals surface area contributed by atoms with E-state index in [1.54, 1.807) is 0 Å². The first-order valence-corrected chi connectivity index (χ1v) is 2.66. The molecule has 48 valence electrons. The fourth-order valence-corrected chi connectivity index (χ4v) is 0.302. The van der Waals surface area contributed by atoms with Crippen molar-refractivity contribution in [2.24, 2.45) is 0 Å². The molecular weight excluding hydrogens is 98.1 g/mol. The lowest BCUT2D eigenvalue weighted by atomic mass is 10.5. The molecule has 1 N–H and O–H groups in total. The summed E-state index contributed by atoms with van der Waals surface area (Å²) < 4.78 is 0. The van der Waals surface area contributed by atoms with Crippen LogP contribution in [-0.2, 0) is 0 Å². The molecule has 0 heterocycles. The van der Waals surface area contributed by atoms with Crippen LogP contribution >= 0.6 is 0 Å². The molecule has 0 saturated heterocycles. The molecule has 1 nitrogen and oxygen atoms in total. The maximum absolute atomic E-state index is 3.63. The number of allylic oxidation sites excluding steroid dienone is 1. The number of nitrogens with one attached hydrogen (secondary N) is 1. The topological polar surface area (TPSA) is 12.0 Å². The first-order valence-electron chi connectivity index (χ1n) is 2.66. The van der Waals surface area contributed by atoms with Crippen LogP contribution < -0.4 is 5.32 Å². The molecule has 0 unspecified atom stereocenters. The Hall–Kier alpha value is -0.720. The van der Waals surface area contributed by atoms with E-state index in [1.807, 2.05) is 6.92 Å². The fraction of sp³-hybridized carbons (Fsp3) is 0.429. The van der Waals surface area contributed by atoms with Gasteiger partial charge in [-0.3, -0.25) is 0 Å². The molecule has 0 amide bonds. The van der Waals surface area contributed by atoms with Gasteiger partial charge >= 0.3 is 0 Å². The van der Waals surface area contributed by atoms with Crippen molar-refractivity contribution >= 4 is 0 Å². The largest absolute Gasteiger partial charge is 0.389 e. The third-order valence-corrected chi connectivity index (χ3v) is 0.479. The predicted octanol–water partition coefficient (Wildman–Crippen LogP) is 1.93. The molecule has 0 bridgehead atoms. The highest BCUT2D eigenvalue weighted by Gasteiger charge is 1.70. The average Bonchev–Trinajstić information content (AvgIpc) is 1.72. The Labute approximate surface area is 52.1 Å². The molecule has 8 heavy (non-hydrogen) atoms. The molecular formula is C7H15N. The lowest BCUT2D eigenvalue weighted by molar-refractivity contribution is 0.859. The van der Waals surface area contributed by atoms with Crippen LogP contribution in [0.3, 0.4) is 0 Å². The van der Waals surface area contributed by atoms with Crippen molar-refractivity contribution in [3.05, 3.63) is 25.4 Å². The van der Waals surface area contributed by atoms with Gasteiger partial charge in [-0.2, -0.15) is 0 Å².